The van der Waals surface area contributed by atoms with E-state index in [4.69, 9.17) is 5.73 Å². The van der Waals surface area contributed by atoms with Gasteiger partial charge in [-0.2, -0.15) is 0 Å². The number of hydrogen-bond donors (Lipinski definition) is 2. The van der Waals surface area contributed by atoms with Crippen molar-refractivity contribution < 1.29 is 13.2 Å². The van der Waals surface area contributed by atoms with Crippen LogP contribution in [0.15, 0.2) is 18.2 Å². The minimum absolute atomic E-state index is 0. The monoisotopic (exact) mass is 346 g/mol. The number of sulfone groups is 1. The fourth-order valence-corrected chi connectivity index (χ4v) is 4.49. The predicted octanol–water partition coefficient (Wildman–Crippen LogP) is 2.69. The molecule has 0 spiro atoms. The third kappa shape index (κ3) is 4.88. The summed E-state index contributed by atoms with van der Waals surface area (Å²) in [5.74, 6) is -0.365. The lowest BCUT2D eigenvalue weighted by Gasteiger charge is -2.12. The molecule has 124 valence electrons. The minimum Gasteiger partial charge on any atom is -0.399 e. The molecule has 0 aromatic heterocycles. The highest BCUT2D eigenvalue weighted by Gasteiger charge is 2.28. The first-order valence-corrected chi connectivity index (χ1v) is 8.97. The number of nitrogens with one attached hydrogen (secondary N) is 1. The van der Waals surface area contributed by atoms with Crippen LogP contribution in [-0.4, -0.2) is 25.3 Å². The van der Waals surface area contributed by atoms with Crippen molar-refractivity contribution in [1.29, 1.82) is 0 Å². The molecule has 1 aromatic rings. The second kappa shape index (κ2) is 7.83. The summed E-state index contributed by atoms with van der Waals surface area (Å²) in [4.78, 5) is 11.9. The van der Waals surface area contributed by atoms with E-state index < -0.39 is 9.84 Å². The molecule has 0 unspecified atom stereocenters. The van der Waals surface area contributed by atoms with E-state index in [0.717, 1.165) is 31.2 Å². The number of carbonyl (C=O) groups excluding carboxylic acids is 1. The predicted molar refractivity (Wildman–Crippen MR) is 92.1 cm³/mol. The van der Waals surface area contributed by atoms with Gasteiger partial charge < -0.3 is 11.1 Å². The van der Waals surface area contributed by atoms with Crippen molar-refractivity contribution >= 4 is 39.5 Å². The van der Waals surface area contributed by atoms with Gasteiger partial charge in [0.05, 0.1) is 11.0 Å². The highest BCUT2D eigenvalue weighted by atomic mass is 35.5. The molecule has 1 aromatic carbocycles. The van der Waals surface area contributed by atoms with Gasteiger partial charge in [-0.3, -0.25) is 4.79 Å². The van der Waals surface area contributed by atoms with Gasteiger partial charge >= 0.3 is 0 Å². The van der Waals surface area contributed by atoms with Crippen molar-refractivity contribution in [2.45, 2.75) is 44.3 Å². The zero-order valence-electron chi connectivity index (χ0n) is 12.7. The minimum atomic E-state index is -3.15. The van der Waals surface area contributed by atoms with E-state index >= 15 is 0 Å². The molecule has 1 amide bonds. The van der Waals surface area contributed by atoms with E-state index in [-0.39, 0.29) is 35.7 Å². The molecular formula is C15H23ClN2O3S. The highest BCUT2D eigenvalue weighted by molar-refractivity contribution is 7.92. The van der Waals surface area contributed by atoms with Gasteiger partial charge in [-0.15, -0.1) is 12.4 Å². The average molecular weight is 347 g/mol. The fourth-order valence-electron chi connectivity index (χ4n) is 2.64. The number of anilines is 2. The van der Waals surface area contributed by atoms with E-state index in [1.807, 2.05) is 13.0 Å². The Labute approximate surface area is 138 Å². The Balaban J connectivity index is 0.00000242. The maximum Gasteiger partial charge on any atom is 0.225 e. The van der Waals surface area contributed by atoms with Gasteiger partial charge in [0.1, 0.15) is 0 Å². The summed E-state index contributed by atoms with van der Waals surface area (Å²) in [6.07, 6.45) is 3.40. The van der Waals surface area contributed by atoms with E-state index in [9.17, 15) is 13.2 Å². The lowest BCUT2D eigenvalue weighted by atomic mass is 10.2. The highest BCUT2D eigenvalue weighted by Crippen LogP contribution is 2.25. The molecule has 3 N–H and O–H groups in total. The van der Waals surface area contributed by atoms with E-state index in [1.54, 1.807) is 12.1 Å². The van der Waals surface area contributed by atoms with Gasteiger partial charge in [0, 0.05) is 17.8 Å². The first kappa shape index (κ1) is 18.8. The normalized spacial score (nSPS) is 15.3. The number of nitrogens with two attached hydrogens (primary N) is 1. The van der Waals surface area contributed by atoms with Gasteiger partial charge in [0.15, 0.2) is 9.84 Å². The van der Waals surface area contributed by atoms with Crippen LogP contribution in [0.2, 0.25) is 0 Å². The van der Waals surface area contributed by atoms with Crippen LogP contribution in [0.1, 0.15) is 37.7 Å². The molecule has 1 fully saturated rings. The average Bonchev–Trinajstić information content (AvgIpc) is 2.96. The Morgan fingerprint density at radius 2 is 1.95 bits per heavy atom. The largest absolute Gasteiger partial charge is 0.399 e. The number of benzene rings is 1. The van der Waals surface area contributed by atoms with Crippen molar-refractivity contribution in [3.05, 3.63) is 23.8 Å². The summed E-state index contributed by atoms with van der Waals surface area (Å²) in [6.45, 7) is 1.87. The number of rotatable bonds is 5. The smallest absolute Gasteiger partial charge is 0.225 e. The zero-order valence-corrected chi connectivity index (χ0v) is 14.3. The Morgan fingerprint density at radius 1 is 1.32 bits per heavy atom. The van der Waals surface area contributed by atoms with Crippen molar-refractivity contribution in [3.8, 4) is 0 Å². The van der Waals surface area contributed by atoms with Gasteiger partial charge in [0.2, 0.25) is 5.91 Å². The second-order valence-corrected chi connectivity index (χ2v) is 8.05. The first-order valence-electron chi connectivity index (χ1n) is 7.26. The van der Waals surface area contributed by atoms with Crippen molar-refractivity contribution in [2.24, 2.45) is 0 Å². The quantitative estimate of drug-likeness (QED) is 0.802. The maximum absolute atomic E-state index is 12.1. The number of halogens is 1. The van der Waals surface area contributed by atoms with Crippen molar-refractivity contribution in [1.82, 2.24) is 0 Å². The number of carbonyl (C=O) groups is 1. The second-order valence-electron chi connectivity index (χ2n) is 5.65. The SMILES string of the molecule is Cc1ccc(N)cc1NC(=O)CCS(=O)(=O)C1CCCC1.Cl. The van der Waals surface area contributed by atoms with Gasteiger partial charge in [-0.05, 0) is 37.5 Å². The Kier molecular flexibility index (Phi) is 6.68. The molecule has 0 heterocycles. The molecule has 7 heteroatoms. The van der Waals surface area contributed by atoms with Gasteiger partial charge in [0.25, 0.3) is 0 Å². The van der Waals surface area contributed by atoms with Crippen molar-refractivity contribution in [3.63, 3.8) is 0 Å². The topological polar surface area (TPSA) is 89.3 Å². The van der Waals surface area contributed by atoms with Crippen LogP contribution < -0.4 is 11.1 Å². The molecule has 0 bridgehead atoms. The maximum atomic E-state index is 12.1. The van der Waals surface area contributed by atoms with Crippen LogP contribution in [0.4, 0.5) is 11.4 Å². The number of amides is 1. The Bertz CT molecular complexity index is 626. The van der Waals surface area contributed by atoms with Crippen LogP contribution in [-0.2, 0) is 14.6 Å². The van der Waals surface area contributed by atoms with Gasteiger partial charge in [-0.1, -0.05) is 18.9 Å². The zero-order chi connectivity index (χ0) is 15.5. The number of nitrogen functional groups attached to an aromatic ring is 1. The van der Waals surface area contributed by atoms with Crippen molar-refractivity contribution in [2.75, 3.05) is 16.8 Å². The van der Waals surface area contributed by atoms with Crippen LogP contribution in [0, 0.1) is 6.92 Å². The fraction of sp³-hybridized carbons (Fsp3) is 0.533. The van der Waals surface area contributed by atoms with Crippen LogP contribution in [0.3, 0.4) is 0 Å². The molecule has 1 saturated carbocycles. The molecule has 0 saturated heterocycles. The molecule has 0 atom stereocenters. The van der Waals surface area contributed by atoms with E-state index in [1.165, 1.54) is 0 Å². The summed E-state index contributed by atoms with van der Waals surface area (Å²) in [5.41, 5.74) is 7.78. The number of hydrogen-bond acceptors (Lipinski definition) is 4. The number of aryl methyl sites for hydroxylation is 1. The molecule has 5 nitrogen and oxygen atoms in total. The third-order valence-electron chi connectivity index (χ3n) is 3.96. The lowest BCUT2D eigenvalue weighted by Crippen LogP contribution is -2.24. The van der Waals surface area contributed by atoms with E-state index in [0.29, 0.717) is 11.4 Å². The molecule has 0 radical (unpaired) electrons. The summed E-state index contributed by atoms with van der Waals surface area (Å²) < 4.78 is 24.2. The first-order chi connectivity index (χ1) is 9.88. The molecule has 1 aliphatic carbocycles. The van der Waals surface area contributed by atoms with Gasteiger partial charge in [-0.25, -0.2) is 8.42 Å². The third-order valence-corrected chi connectivity index (χ3v) is 6.22. The summed E-state index contributed by atoms with van der Waals surface area (Å²) in [6, 6.07) is 5.26. The van der Waals surface area contributed by atoms with Crippen LogP contribution in [0.5, 0.6) is 0 Å². The molecule has 22 heavy (non-hydrogen) atoms. The summed E-state index contributed by atoms with van der Waals surface area (Å²) in [5, 5.41) is 2.48. The molecule has 1 aliphatic rings. The standard InChI is InChI=1S/C15H22N2O3S.ClH/c1-11-6-7-12(16)10-14(11)17-15(18)8-9-21(19,20)13-4-2-3-5-13;/h6-7,10,13H,2-5,8-9,16H2,1H3,(H,17,18);1H. The molecule has 2 rings (SSSR count). The molecule has 0 aliphatic heterocycles. The summed E-state index contributed by atoms with van der Waals surface area (Å²) >= 11 is 0. The lowest BCUT2D eigenvalue weighted by molar-refractivity contribution is -0.115. The Morgan fingerprint density at radius 3 is 2.59 bits per heavy atom. The van der Waals surface area contributed by atoms with Crippen LogP contribution >= 0.6 is 12.4 Å². The van der Waals surface area contributed by atoms with E-state index in [2.05, 4.69) is 5.32 Å². The Hall–Kier alpha value is -1.27. The summed E-state index contributed by atoms with van der Waals surface area (Å²) in [7, 11) is -3.15. The van der Waals surface area contributed by atoms with Crippen LogP contribution in [0.25, 0.3) is 0 Å². The molecular weight excluding hydrogens is 324 g/mol.